The lowest BCUT2D eigenvalue weighted by Gasteiger charge is -2.19. The molecular formula is C15H16FN3O2. The Morgan fingerprint density at radius 1 is 1.48 bits per heavy atom. The minimum Gasteiger partial charge on any atom is -0.480 e. The van der Waals surface area contributed by atoms with Gasteiger partial charge in [0.1, 0.15) is 18.2 Å². The standard InChI is InChI=1S/C15H16FN3O2/c1-19(8-14(20)21)15-12-6-9(16)2-5-11(12)13(7-17-15)18-10-3-4-10/h2,5-7,10,18H,3-4,8H2,1H3,(H,20,21). The first-order valence-corrected chi connectivity index (χ1v) is 6.82. The molecule has 1 aromatic carbocycles. The van der Waals surface area contributed by atoms with Crippen molar-refractivity contribution in [2.45, 2.75) is 18.9 Å². The Morgan fingerprint density at radius 3 is 2.90 bits per heavy atom. The molecule has 2 N–H and O–H groups in total. The van der Waals surface area contributed by atoms with Crippen molar-refractivity contribution < 1.29 is 14.3 Å². The zero-order valence-corrected chi connectivity index (χ0v) is 11.6. The molecule has 6 heteroatoms. The summed E-state index contributed by atoms with van der Waals surface area (Å²) in [6, 6.07) is 4.97. The SMILES string of the molecule is CN(CC(=O)O)c1ncc(NC2CC2)c2ccc(F)cc12. The van der Waals surface area contributed by atoms with Crippen LogP contribution in [-0.2, 0) is 4.79 Å². The highest BCUT2D eigenvalue weighted by molar-refractivity contribution is 6.00. The fourth-order valence-electron chi connectivity index (χ4n) is 2.35. The van der Waals surface area contributed by atoms with Crippen LogP contribution >= 0.6 is 0 Å². The molecule has 1 saturated carbocycles. The lowest BCUT2D eigenvalue weighted by atomic mass is 10.1. The van der Waals surface area contributed by atoms with E-state index in [1.807, 2.05) is 0 Å². The molecule has 1 fully saturated rings. The average molecular weight is 289 g/mol. The van der Waals surface area contributed by atoms with E-state index in [0.717, 1.165) is 23.9 Å². The zero-order chi connectivity index (χ0) is 15.0. The Balaban J connectivity index is 2.07. The van der Waals surface area contributed by atoms with Crippen LogP contribution in [0.15, 0.2) is 24.4 Å². The molecule has 5 nitrogen and oxygen atoms in total. The molecule has 0 amide bonds. The summed E-state index contributed by atoms with van der Waals surface area (Å²) >= 11 is 0. The Morgan fingerprint density at radius 2 is 2.24 bits per heavy atom. The number of halogens is 1. The van der Waals surface area contributed by atoms with Crippen molar-refractivity contribution >= 4 is 28.2 Å². The first-order chi connectivity index (χ1) is 10.0. The van der Waals surface area contributed by atoms with Gasteiger partial charge in [-0.2, -0.15) is 0 Å². The Kier molecular flexibility index (Phi) is 3.37. The van der Waals surface area contributed by atoms with E-state index in [1.165, 1.54) is 17.0 Å². The maximum absolute atomic E-state index is 13.6. The number of pyridine rings is 1. The van der Waals surface area contributed by atoms with Crippen molar-refractivity contribution in [1.29, 1.82) is 0 Å². The second-order valence-electron chi connectivity index (χ2n) is 5.35. The molecule has 1 heterocycles. The van der Waals surface area contributed by atoms with E-state index >= 15 is 0 Å². The molecule has 0 unspecified atom stereocenters. The number of aliphatic carboxylic acids is 1. The van der Waals surface area contributed by atoms with Gasteiger partial charge in [0.25, 0.3) is 0 Å². The third-order valence-corrected chi connectivity index (χ3v) is 3.50. The summed E-state index contributed by atoms with van der Waals surface area (Å²) in [5, 5.41) is 13.7. The predicted octanol–water partition coefficient (Wildman–Crippen LogP) is 2.47. The largest absolute Gasteiger partial charge is 0.480 e. The van der Waals surface area contributed by atoms with Gasteiger partial charge in [-0.3, -0.25) is 4.79 Å². The first kappa shape index (κ1) is 13.6. The van der Waals surface area contributed by atoms with Crippen LogP contribution in [-0.4, -0.2) is 35.7 Å². The summed E-state index contributed by atoms with van der Waals surface area (Å²) in [5.74, 6) is -0.852. The topological polar surface area (TPSA) is 65.5 Å². The summed E-state index contributed by atoms with van der Waals surface area (Å²) in [6.07, 6.45) is 3.94. The number of hydrogen-bond acceptors (Lipinski definition) is 4. The van der Waals surface area contributed by atoms with Crippen LogP contribution in [0, 0.1) is 5.82 Å². The predicted molar refractivity (Wildman–Crippen MR) is 79.3 cm³/mol. The van der Waals surface area contributed by atoms with Gasteiger partial charge in [-0.1, -0.05) is 0 Å². The van der Waals surface area contributed by atoms with Crippen LogP contribution in [0.1, 0.15) is 12.8 Å². The van der Waals surface area contributed by atoms with E-state index in [4.69, 9.17) is 5.11 Å². The van der Waals surface area contributed by atoms with Gasteiger partial charge in [-0.05, 0) is 31.0 Å². The lowest BCUT2D eigenvalue weighted by molar-refractivity contribution is -0.135. The fourth-order valence-corrected chi connectivity index (χ4v) is 2.35. The minimum atomic E-state index is -0.955. The smallest absolute Gasteiger partial charge is 0.323 e. The van der Waals surface area contributed by atoms with Gasteiger partial charge in [0.2, 0.25) is 0 Å². The maximum Gasteiger partial charge on any atom is 0.323 e. The third-order valence-electron chi connectivity index (χ3n) is 3.50. The number of carboxylic acids is 1. The number of rotatable bonds is 5. The average Bonchev–Trinajstić information content (AvgIpc) is 3.21. The van der Waals surface area contributed by atoms with Crippen molar-refractivity contribution in [3.8, 4) is 0 Å². The molecule has 3 rings (SSSR count). The summed E-state index contributed by atoms with van der Waals surface area (Å²) in [7, 11) is 1.63. The quantitative estimate of drug-likeness (QED) is 0.885. The van der Waals surface area contributed by atoms with Gasteiger partial charge < -0.3 is 15.3 Å². The summed E-state index contributed by atoms with van der Waals surface area (Å²) in [4.78, 5) is 16.7. The Bertz CT molecular complexity index is 701. The molecule has 1 aliphatic rings. The van der Waals surface area contributed by atoms with E-state index in [0.29, 0.717) is 17.2 Å². The van der Waals surface area contributed by atoms with E-state index < -0.39 is 5.97 Å². The van der Waals surface area contributed by atoms with Crippen LogP contribution in [0.25, 0.3) is 10.8 Å². The van der Waals surface area contributed by atoms with Crippen molar-refractivity contribution in [2.24, 2.45) is 0 Å². The molecule has 1 aliphatic carbocycles. The van der Waals surface area contributed by atoms with E-state index in [2.05, 4.69) is 10.3 Å². The molecule has 0 aliphatic heterocycles. The molecule has 0 atom stereocenters. The van der Waals surface area contributed by atoms with Gasteiger partial charge >= 0.3 is 5.97 Å². The number of hydrogen-bond donors (Lipinski definition) is 2. The third kappa shape index (κ3) is 2.89. The molecule has 21 heavy (non-hydrogen) atoms. The van der Waals surface area contributed by atoms with Gasteiger partial charge in [0, 0.05) is 23.9 Å². The van der Waals surface area contributed by atoms with Gasteiger partial charge in [-0.25, -0.2) is 9.37 Å². The van der Waals surface area contributed by atoms with Gasteiger partial charge in [0.05, 0.1) is 11.9 Å². The number of aromatic nitrogens is 1. The normalized spacial score (nSPS) is 14.2. The van der Waals surface area contributed by atoms with Crippen LogP contribution in [0.4, 0.5) is 15.9 Å². The second-order valence-corrected chi connectivity index (χ2v) is 5.35. The first-order valence-electron chi connectivity index (χ1n) is 6.82. The fraction of sp³-hybridized carbons (Fsp3) is 0.333. The number of carboxylic acid groups (broad SMARTS) is 1. The summed E-state index contributed by atoms with van der Waals surface area (Å²) in [6.45, 7) is -0.186. The zero-order valence-electron chi connectivity index (χ0n) is 11.6. The van der Waals surface area contributed by atoms with Crippen LogP contribution in [0.2, 0.25) is 0 Å². The minimum absolute atomic E-state index is 0.186. The second kappa shape index (κ2) is 5.20. The van der Waals surface area contributed by atoms with E-state index in [9.17, 15) is 9.18 Å². The molecule has 110 valence electrons. The molecule has 1 aromatic heterocycles. The highest BCUT2D eigenvalue weighted by Gasteiger charge is 2.22. The molecular weight excluding hydrogens is 273 g/mol. The molecule has 0 bridgehead atoms. The number of carbonyl (C=O) groups is 1. The van der Waals surface area contributed by atoms with Gasteiger partial charge in [0.15, 0.2) is 0 Å². The highest BCUT2D eigenvalue weighted by Crippen LogP contribution is 2.33. The molecule has 2 aromatic rings. The number of likely N-dealkylation sites (N-methyl/N-ethyl adjacent to an activating group) is 1. The lowest BCUT2D eigenvalue weighted by Crippen LogP contribution is -2.26. The number of anilines is 2. The van der Waals surface area contributed by atoms with E-state index in [1.54, 1.807) is 19.3 Å². The highest BCUT2D eigenvalue weighted by atomic mass is 19.1. The van der Waals surface area contributed by atoms with Crippen molar-refractivity contribution in [1.82, 2.24) is 4.98 Å². The Hall–Kier alpha value is -2.37. The van der Waals surface area contributed by atoms with Crippen molar-refractivity contribution in [2.75, 3.05) is 23.8 Å². The Labute approximate surface area is 121 Å². The number of fused-ring (bicyclic) bond motifs is 1. The van der Waals surface area contributed by atoms with Gasteiger partial charge in [-0.15, -0.1) is 0 Å². The van der Waals surface area contributed by atoms with Crippen LogP contribution in [0.5, 0.6) is 0 Å². The van der Waals surface area contributed by atoms with Crippen molar-refractivity contribution in [3.63, 3.8) is 0 Å². The molecule has 0 spiro atoms. The van der Waals surface area contributed by atoms with E-state index in [-0.39, 0.29) is 12.4 Å². The maximum atomic E-state index is 13.6. The molecule has 0 radical (unpaired) electrons. The molecule has 0 saturated heterocycles. The van der Waals surface area contributed by atoms with Crippen LogP contribution in [0.3, 0.4) is 0 Å². The summed E-state index contributed by atoms with van der Waals surface area (Å²) < 4.78 is 13.6. The van der Waals surface area contributed by atoms with Crippen molar-refractivity contribution in [3.05, 3.63) is 30.2 Å². The summed E-state index contributed by atoms with van der Waals surface area (Å²) in [5.41, 5.74) is 0.861. The number of benzene rings is 1. The number of nitrogens with zero attached hydrogens (tertiary/aromatic N) is 2. The van der Waals surface area contributed by atoms with Crippen LogP contribution < -0.4 is 10.2 Å². The number of nitrogens with one attached hydrogen (secondary N) is 1. The monoisotopic (exact) mass is 289 g/mol.